The Hall–Kier alpha value is -1.26. The maximum absolute atomic E-state index is 11.6. The zero-order chi connectivity index (χ0) is 12.6. The molecule has 0 aromatic rings. The van der Waals surface area contributed by atoms with E-state index < -0.39 is 12.0 Å². The fraction of sp³-hybridized carbons (Fsp3) is 0.818. The Morgan fingerprint density at radius 1 is 1.31 bits per heavy atom. The second kappa shape index (κ2) is 7.96. The minimum atomic E-state index is -0.964. The van der Waals surface area contributed by atoms with Gasteiger partial charge in [0.1, 0.15) is 6.04 Å². The molecule has 0 fully saturated rings. The number of unbranched alkanes of at least 4 members (excludes halogenated alkanes) is 2. The monoisotopic (exact) mass is 230 g/mol. The van der Waals surface area contributed by atoms with Gasteiger partial charge in [-0.1, -0.05) is 26.7 Å². The average molecular weight is 230 g/mol. The van der Waals surface area contributed by atoms with E-state index in [9.17, 15) is 9.59 Å². The summed E-state index contributed by atoms with van der Waals surface area (Å²) in [6.07, 6.45) is 3.51. The van der Waals surface area contributed by atoms with E-state index in [4.69, 9.17) is 5.11 Å². The molecule has 0 spiro atoms. The summed E-state index contributed by atoms with van der Waals surface area (Å²) in [5.41, 5.74) is 0. The fourth-order valence-corrected chi connectivity index (χ4v) is 1.45. The highest BCUT2D eigenvalue weighted by molar-refractivity contribution is 5.82. The van der Waals surface area contributed by atoms with Crippen LogP contribution in [0.3, 0.4) is 0 Å². The van der Waals surface area contributed by atoms with E-state index in [1.54, 1.807) is 6.92 Å². The van der Waals surface area contributed by atoms with Crippen molar-refractivity contribution in [1.29, 1.82) is 0 Å². The van der Waals surface area contributed by atoms with Gasteiger partial charge in [-0.05, 0) is 12.8 Å². The van der Waals surface area contributed by atoms with Gasteiger partial charge in [0.2, 0.25) is 0 Å². The Morgan fingerprint density at radius 2 is 1.94 bits per heavy atom. The lowest BCUT2D eigenvalue weighted by Gasteiger charge is -2.23. The summed E-state index contributed by atoms with van der Waals surface area (Å²) in [6, 6.07) is -1.06. The molecular formula is C11H22N2O3. The van der Waals surface area contributed by atoms with Gasteiger partial charge in [0, 0.05) is 13.6 Å². The molecule has 5 nitrogen and oxygen atoms in total. The fourth-order valence-electron chi connectivity index (χ4n) is 1.45. The van der Waals surface area contributed by atoms with Gasteiger partial charge in [-0.3, -0.25) is 0 Å². The molecule has 5 heteroatoms. The van der Waals surface area contributed by atoms with E-state index in [0.29, 0.717) is 13.0 Å². The maximum atomic E-state index is 11.6. The van der Waals surface area contributed by atoms with Gasteiger partial charge in [-0.15, -0.1) is 0 Å². The highest BCUT2D eigenvalue weighted by Crippen LogP contribution is 2.02. The van der Waals surface area contributed by atoms with Crippen LogP contribution < -0.4 is 5.32 Å². The summed E-state index contributed by atoms with van der Waals surface area (Å²) in [5.74, 6) is -0.964. The van der Waals surface area contributed by atoms with E-state index in [0.717, 1.165) is 19.3 Å². The molecule has 1 unspecified atom stereocenters. The third kappa shape index (κ3) is 5.00. The summed E-state index contributed by atoms with van der Waals surface area (Å²) in [5, 5.41) is 11.6. The summed E-state index contributed by atoms with van der Waals surface area (Å²) >= 11 is 0. The first-order valence-electron chi connectivity index (χ1n) is 5.78. The standard InChI is InChI=1S/C11H22N2O3/c1-4-6-7-8-12-11(16)13(3)9(5-2)10(14)15/h9H,4-8H2,1-3H3,(H,12,16)(H,14,15). The second-order valence-corrected chi connectivity index (χ2v) is 3.81. The molecule has 0 saturated carbocycles. The summed E-state index contributed by atoms with van der Waals surface area (Å²) in [7, 11) is 1.51. The Labute approximate surface area is 96.8 Å². The number of likely N-dealkylation sites (N-methyl/N-ethyl adjacent to an activating group) is 1. The van der Waals surface area contributed by atoms with Gasteiger partial charge >= 0.3 is 12.0 Å². The second-order valence-electron chi connectivity index (χ2n) is 3.81. The van der Waals surface area contributed by atoms with Crippen LogP contribution in [0.5, 0.6) is 0 Å². The topological polar surface area (TPSA) is 69.6 Å². The highest BCUT2D eigenvalue weighted by atomic mass is 16.4. The van der Waals surface area contributed by atoms with Crippen LogP contribution in [0.15, 0.2) is 0 Å². The van der Waals surface area contributed by atoms with E-state index in [2.05, 4.69) is 12.2 Å². The van der Waals surface area contributed by atoms with Crippen molar-refractivity contribution >= 4 is 12.0 Å². The molecule has 1 atom stereocenters. The normalized spacial score (nSPS) is 11.9. The van der Waals surface area contributed by atoms with Crippen molar-refractivity contribution in [2.24, 2.45) is 0 Å². The number of nitrogens with one attached hydrogen (secondary N) is 1. The number of carboxylic acid groups (broad SMARTS) is 1. The molecule has 0 bridgehead atoms. The van der Waals surface area contributed by atoms with E-state index >= 15 is 0 Å². The number of carboxylic acids is 1. The van der Waals surface area contributed by atoms with E-state index in [1.807, 2.05) is 0 Å². The summed E-state index contributed by atoms with van der Waals surface area (Å²) in [6.45, 7) is 4.44. The quantitative estimate of drug-likeness (QED) is 0.654. The lowest BCUT2D eigenvalue weighted by atomic mass is 10.2. The Balaban J connectivity index is 4.01. The van der Waals surface area contributed by atoms with Crippen LogP contribution in [0.2, 0.25) is 0 Å². The molecule has 2 N–H and O–H groups in total. The van der Waals surface area contributed by atoms with Gasteiger partial charge in [0.25, 0.3) is 0 Å². The van der Waals surface area contributed by atoms with Crippen molar-refractivity contribution in [1.82, 2.24) is 10.2 Å². The van der Waals surface area contributed by atoms with Gasteiger partial charge in [0.15, 0.2) is 0 Å². The molecular weight excluding hydrogens is 208 g/mol. The first kappa shape index (κ1) is 14.7. The first-order chi connectivity index (χ1) is 7.54. The number of rotatable bonds is 7. The van der Waals surface area contributed by atoms with Crippen LogP contribution in [0.1, 0.15) is 39.5 Å². The van der Waals surface area contributed by atoms with Crippen LogP contribution >= 0.6 is 0 Å². The Kier molecular flexibility index (Phi) is 7.33. The van der Waals surface area contributed by atoms with Gasteiger partial charge in [-0.2, -0.15) is 0 Å². The van der Waals surface area contributed by atoms with Gasteiger partial charge in [-0.25, -0.2) is 9.59 Å². The predicted octanol–water partition coefficient (Wildman–Crippen LogP) is 1.68. The number of hydrogen-bond acceptors (Lipinski definition) is 2. The molecule has 0 rings (SSSR count). The highest BCUT2D eigenvalue weighted by Gasteiger charge is 2.24. The number of hydrogen-bond donors (Lipinski definition) is 2. The van der Waals surface area contributed by atoms with Crippen LogP contribution in [0.4, 0.5) is 4.79 Å². The molecule has 0 aromatic carbocycles. The predicted molar refractivity (Wildman–Crippen MR) is 62.4 cm³/mol. The van der Waals surface area contributed by atoms with Crippen LogP contribution in [0.25, 0.3) is 0 Å². The van der Waals surface area contributed by atoms with Crippen molar-refractivity contribution in [3.05, 3.63) is 0 Å². The molecule has 2 amide bonds. The molecule has 0 heterocycles. The van der Waals surface area contributed by atoms with Crippen molar-refractivity contribution in [3.63, 3.8) is 0 Å². The number of urea groups is 1. The third-order valence-corrected chi connectivity index (χ3v) is 2.52. The molecule has 0 aliphatic heterocycles. The van der Waals surface area contributed by atoms with Crippen molar-refractivity contribution in [2.75, 3.05) is 13.6 Å². The lowest BCUT2D eigenvalue weighted by molar-refractivity contribution is -0.141. The lowest BCUT2D eigenvalue weighted by Crippen LogP contribution is -2.47. The number of carbonyl (C=O) groups is 2. The van der Waals surface area contributed by atoms with Crippen LogP contribution in [-0.4, -0.2) is 41.6 Å². The van der Waals surface area contributed by atoms with Crippen LogP contribution in [-0.2, 0) is 4.79 Å². The van der Waals surface area contributed by atoms with Crippen molar-refractivity contribution in [2.45, 2.75) is 45.6 Å². The zero-order valence-corrected chi connectivity index (χ0v) is 10.3. The van der Waals surface area contributed by atoms with E-state index in [1.165, 1.54) is 11.9 Å². The summed E-state index contributed by atoms with van der Waals surface area (Å²) < 4.78 is 0. The third-order valence-electron chi connectivity index (χ3n) is 2.52. The number of amides is 2. The van der Waals surface area contributed by atoms with Gasteiger partial charge in [0.05, 0.1) is 0 Å². The zero-order valence-electron chi connectivity index (χ0n) is 10.3. The smallest absolute Gasteiger partial charge is 0.326 e. The molecule has 0 aliphatic rings. The van der Waals surface area contributed by atoms with Crippen molar-refractivity contribution < 1.29 is 14.7 Å². The average Bonchev–Trinajstić information content (AvgIpc) is 2.24. The summed E-state index contributed by atoms with van der Waals surface area (Å²) in [4.78, 5) is 23.6. The largest absolute Gasteiger partial charge is 0.480 e. The Morgan fingerprint density at radius 3 is 2.38 bits per heavy atom. The molecule has 16 heavy (non-hydrogen) atoms. The molecule has 0 radical (unpaired) electrons. The SMILES string of the molecule is CCCCCNC(=O)N(C)C(CC)C(=O)O. The Bertz CT molecular complexity index is 231. The molecule has 94 valence electrons. The number of nitrogens with zero attached hydrogens (tertiary/aromatic N) is 1. The van der Waals surface area contributed by atoms with E-state index in [-0.39, 0.29) is 6.03 Å². The number of carbonyl (C=O) groups excluding carboxylic acids is 1. The first-order valence-corrected chi connectivity index (χ1v) is 5.78. The maximum Gasteiger partial charge on any atom is 0.326 e. The minimum Gasteiger partial charge on any atom is -0.480 e. The van der Waals surface area contributed by atoms with Crippen molar-refractivity contribution in [3.8, 4) is 0 Å². The molecule has 0 aliphatic carbocycles. The minimum absolute atomic E-state index is 0.314. The van der Waals surface area contributed by atoms with Crippen LogP contribution in [0, 0.1) is 0 Å². The van der Waals surface area contributed by atoms with Gasteiger partial charge < -0.3 is 15.3 Å². The number of aliphatic carboxylic acids is 1. The molecule has 0 saturated heterocycles. The molecule has 0 aromatic heterocycles.